The molecule has 14 heavy (non-hydrogen) atoms. The lowest BCUT2D eigenvalue weighted by molar-refractivity contribution is 0.280. The molecule has 0 bridgehead atoms. The molecule has 0 fully saturated rings. The molecule has 72 valence electrons. The van der Waals surface area contributed by atoms with Crippen LogP contribution in [0.4, 0.5) is 4.39 Å². The number of aliphatic hydroxyl groups is 1. The van der Waals surface area contributed by atoms with E-state index in [9.17, 15) is 4.39 Å². The number of hydrogen-bond donors (Lipinski definition) is 1. The van der Waals surface area contributed by atoms with E-state index in [4.69, 9.17) is 15.1 Å². The molecule has 1 aromatic rings. The summed E-state index contributed by atoms with van der Waals surface area (Å²) < 4.78 is 18.4. The Morgan fingerprint density at radius 3 is 3.07 bits per heavy atom. The van der Waals surface area contributed by atoms with Gasteiger partial charge in [0.05, 0.1) is 13.2 Å². The van der Waals surface area contributed by atoms with Crippen molar-refractivity contribution in [3.8, 4) is 11.8 Å². The number of hydrogen-bond acceptors (Lipinski definition) is 3. The van der Waals surface area contributed by atoms with Crippen molar-refractivity contribution in [3.05, 3.63) is 28.6 Å². The molecule has 1 aromatic carbocycles. The highest BCUT2D eigenvalue weighted by molar-refractivity contribution is 5.54. The SMILES string of the molecule is N#Cc1c(F)cc(CO)c2c1OCC2. The highest BCUT2D eigenvalue weighted by Crippen LogP contribution is 2.33. The van der Waals surface area contributed by atoms with E-state index in [0.717, 1.165) is 5.56 Å². The van der Waals surface area contributed by atoms with E-state index < -0.39 is 5.82 Å². The van der Waals surface area contributed by atoms with Crippen LogP contribution in [0.5, 0.6) is 5.75 Å². The predicted molar refractivity (Wildman–Crippen MR) is 46.2 cm³/mol. The minimum Gasteiger partial charge on any atom is -0.491 e. The normalized spacial score (nSPS) is 13.2. The lowest BCUT2D eigenvalue weighted by atomic mass is 10.0. The van der Waals surface area contributed by atoms with Gasteiger partial charge >= 0.3 is 0 Å². The topological polar surface area (TPSA) is 53.2 Å². The minimum atomic E-state index is -0.628. The number of benzene rings is 1. The first-order valence-corrected chi connectivity index (χ1v) is 4.26. The van der Waals surface area contributed by atoms with Gasteiger partial charge in [0.2, 0.25) is 0 Å². The maximum Gasteiger partial charge on any atom is 0.145 e. The van der Waals surface area contributed by atoms with Crippen LogP contribution in [0.1, 0.15) is 16.7 Å². The fraction of sp³-hybridized carbons (Fsp3) is 0.300. The van der Waals surface area contributed by atoms with Gasteiger partial charge in [0.25, 0.3) is 0 Å². The van der Waals surface area contributed by atoms with Crippen molar-refractivity contribution in [1.82, 2.24) is 0 Å². The van der Waals surface area contributed by atoms with Crippen molar-refractivity contribution in [2.75, 3.05) is 6.61 Å². The van der Waals surface area contributed by atoms with Gasteiger partial charge in [-0.15, -0.1) is 0 Å². The molecule has 1 aliphatic rings. The highest BCUT2D eigenvalue weighted by atomic mass is 19.1. The number of aliphatic hydroxyl groups excluding tert-OH is 1. The van der Waals surface area contributed by atoms with Crippen LogP contribution >= 0.6 is 0 Å². The molecule has 1 N–H and O–H groups in total. The molecular weight excluding hydrogens is 185 g/mol. The summed E-state index contributed by atoms with van der Waals surface area (Å²) in [6.07, 6.45) is 0.625. The molecule has 0 atom stereocenters. The van der Waals surface area contributed by atoms with Crippen molar-refractivity contribution in [3.63, 3.8) is 0 Å². The third-order valence-electron chi connectivity index (χ3n) is 2.31. The Morgan fingerprint density at radius 2 is 2.43 bits per heavy atom. The molecule has 0 aromatic heterocycles. The Kier molecular flexibility index (Phi) is 2.10. The molecule has 1 heterocycles. The third-order valence-corrected chi connectivity index (χ3v) is 2.31. The monoisotopic (exact) mass is 193 g/mol. The van der Waals surface area contributed by atoms with Crippen LogP contribution in [0.25, 0.3) is 0 Å². The second-order valence-electron chi connectivity index (χ2n) is 3.07. The van der Waals surface area contributed by atoms with E-state index >= 15 is 0 Å². The number of ether oxygens (including phenoxy) is 1. The van der Waals surface area contributed by atoms with Gasteiger partial charge in [-0.3, -0.25) is 0 Å². The van der Waals surface area contributed by atoms with Crippen molar-refractivity contribution >= 4 is 0 Å². The number of fused-ring (bicyclic) bond motifs is 1. The summed E-state index contributed by atoms with van der Waals surface area (Å²) in [6, 6.07) is 2.97. The Hall–Kier alpha value is -1.60. The lowest BCUT2D eigenvalue weighted by Gasteiger charge is -2.06. The summed E-state index contributed by atoms with van der Waals surface area (Å²) in [7, 11) is 0. The molecule has 0 radical (unpaired) electrons. The van der Waals surface area contributed by atoms with Crippen molar-refractivity contribution in [2.24, 2.45) is 0 Å². The summed E-state index contributed by atoms with van der Waals surface area (Å²) in [5, 5.41) is 17.7. The molecule has 3 nitrogen and oxygen atoms in total. The fourth-order valence-electron chi connectivity index (χ4n) is 1.65. The zero-order valence-corrected chi connectivity index (χ0v) is 7.38. The van der Waals surface area contributed by atoms with E-state index in [1.54, 1.807) is 6.07 Å². The zero-order valence-electron chi connectivity index (χ0n) is 7.38. The molecule has 4 heteroatoms. The number of halogens is 1. The Bertz CT molecular complexity index is 423. The van der Waals surface area contributed by atoms with E-state index in [-0.39, 0.29) is 12.2 Å². The van der Waals surface area contributed by atoms with Gasteiger partial charge in [-0.2, -0.15) is 5.26 Å². The summed E-state index contributed by atoms with van der Waals surface area (Å²) in [6.45, 7) is 0.217. The second-order valence-corrected chi connectivity index (χ2v) is 3.07. The second kappa shape index (κ2) is 3.28. The molecule has 1 aliphatic heterocycles. The molecule has 2 rings (SSSR count). The first-order chi connectivity index (χ1) is 6.77. The highest BCUT2D eigenvalue weighted by Gasteiger charge is 2.23. The van der Waals surface area contributed by atoms with Crippen LogP contribution in [0.15, 0.2) is 6.07 Å². The molecule has 0 aliphatic carbocycles. The van der Waals surface area contributed by atoms with Gasteiger partial charge in [-0.1, -0.05) is 0 Å². The Morgan fingerprint density at radius 1 is 1.64 bits per heavy atom. The van der Waals surface area contributed by atoms with Gasteiger partial charge in [-0.25, -0.2) is 4.39 Å². The lowest BCUT2D eigenvalue weighted by Crippen LogP contribution is -1.96. The molecule has 0 spiro atoms. The molecule has 0 saturated carbocycles. The molecule has 0 amide bonds. The van der Waals surface area contributed by atoms with Crippen molar-refractivity contribution in [1.29, 1.82) is 5.26 Å². The summed E-state index contributed by atoms with van der Waals surface area (Å²) >= 11 is 0. The Balaban J connectivity index is 2.69. The van der Waals surface area contributed by atoms with Gasteiger partial charge in [0, 0.05) is 12.0 Å². The number of nitriles is 1. The van der Waals surface area contributed by atoms with Gasteiger partial charge in [-0.05, 0) is 11.6 Å². The standard InChI is InChI=1S/C10H8FNO2/c11-9-3-6(5-13)7-1-2-14-10(7)8(9)4-12/h3,13H,1-2,5H2. The smallest absolute Gasteiger partial charge is 0.145 e. The maximum atomic E-state index is 13.3. The van der Waals surface area contributed by atoms with Gasteiger partial charge in [0.15, 0.2) is 0 Å². The van der Waals surface area contributed by atoms with Crippen LogP contribution in [-0.2, 0) is 13.0 Å². The predicted octanol–water partition coefficient (Wildman–Crippen LogP) is 1.12. The minimum absolute atomic E-state index is 0.0605. The van der Waals surface area contributed by atoms with Crippen LogP contribution in [0.2, 0.25) is 0 Å². The van der Waals surface area contributed by atoms with Crippen LogP contribution in [0.3, 0.4) is 0 Å². The zero-order chi connectivity index (χ0) is 10.1. The van der Waals surface area contributed by atoms with E-state index in [1.165, 1.54) is 6.07 Å². The van der Waals surface area contributed by atoms with Crippen molar-refractivity contribution < 1.29 is 14.2 Å². The van der Waals surface area contributed by atoms with Crippen molar-refractivity contribution in [2.45, 2.75) is 13.0 Å². The van der Waals surface area contributed by atoms with Crippen LogP contribution in [0, 0.1) is 17.1 Å². The molecule has 0 saturated heterocycles. The van der Waals surface area contributed by atoms with Crippen LogP contribution in [-0.4, -0.2) is 11.7 Å². The first-order valence-electron chi connectivity index (χ1n) is 4.26. The maximum absolute atomic E-state index is 13.3. The number of nitrogens with zero attached hydrogens (tertiary/aromatic N) is 1. The van der Waals surface area contributed by atoms with Crippen LogP contribution < -0.4 is 4.74 Å². The van der Waals surface area contributed by atoms with E-state index in [1.807, 2.05) is 0 Å². The van der Waals surface area contributed by atoms with Gasteiger partial charge in [0.1, 0.15) is 23.2 Å². The largest absolute Gasteiger partial charge is 0.491 e. The average Bonchev–Trinajstić information content (AvgIpc) is 2.65. The summed E-state index contributed by atoms with van der Waals surface area (Å²) in [5.74, 6) is -0.325. The molecule has 0 unspecified atom stereocenters. The fourth-order valence-corrected chi connectivity index (χ4v) is 1.65. The quantitative estimate of drug-likeness (QED) is 0.727. The summed E-state index contributed by atoms with van der Waals surface area (Å²) in [5.41, 5.74) is 1.20. The third kappa shape index (κ3) is 1.14. The van der Waals surface area contributed by atoms with E-state index in [0.29, 0.717) is 24.3 Å². The molecular formula is C10H8FNO2. The first kappa shape index (κ1) is 8.97. The summed E-state index contributed by atoms with van der Waals surface area (Å²) in [4.78, 5) is 0. The average molecular weight is 193 g/mol. The van der Waals surface area contributed by atoms with E-state index in [2.05, 4.69) is 0 Å². The Labute approximate surface area is 80.4 Å². The van der Waals surface area contributed by atoms with Gasteiger partial charge < -0.3 is 9.84 Å². The number of rotatable bonds is 1.